The molecule has 4 aliphatic rings. The molecule has 4 aliphatic carbocycles. The van der Waals surface area contributed by atoms with Crippen LogP contribution in [0.25, 0.3) is 0 Å². The van der Waals surface area contributed by atoms with Crippen LogP contribution >= 0.6 is 0 Å². The van der Waals surface area contributed by atoms with Crippen LogP contribution in [-0.4, -0.2) is 13.4 Å². The minimum atomic E-state index is -2.00. The molecular weight excluding hydrogens is 448 g/mol. The Balaban J connectivity index is 1.58. The van der Waals surface area contributed by atoms with E-state index >= 15 is 0 Å². The monoisotopic (exact) mass is 500 g/mol. The van der Waals surface area contributed by atoms with Crippen molar-refractivity contribution in [2.45, 2.75) is 131 Å². The predicted octanol–water partition coefficient (Wildman–Crippen LogP) is 9.05. The maximum absolute atomic E-state index is 12.0. The van der Waals surface area contributed by atoms with Gasteiger partial charge in [0.05, 0.1) is 12.4 Å². The first-order valence-corrected chi connectivity index (χ1v) is 17.3. The van der Waals surface area contributed by atoms with E-state index < -0.39 is 14.4 Å². The highest BCUT2D eigenvalue weighted by atomic mass is 28.4. The molecule has 3 saturated carbocycles. The molecule has 0 amide bonds. The summed E-state index contributed by atoms with van der Waals surface area (Å²) in [6.45, 7) is 24.4. The zero-order valence-electron chi connectivity index (χ0n) is 24.3. The number of fused-ring (bicyclic) bond motifs is 6. The molecule has 0 aliphatic heterocycles. The molecule has 1 aromatic rings. The Kier molecular flexibility index (Phi) is 5.75. The van der Waals surface area contributed by atoms with Crippen molar-refractivity contribution >= 4 is 8.32 Å². The molecule has 0 bridgehead atoms. The molecule has 0 radical (unpaired) electrons. The summed E-state index contributed by atoms with van der Waals surface area (Å²) in [5.41, 5.74) is 1.92. The molecule has 1 heterocycles. The normalized spacial score (nSPS) is 45.2. The van der Waals surface area contributed by atoms with E-state index in [1.807, 2.05) is 0 Å². The molecule has 0 aromatic carbocycles. The number of hydrogen-bond donors (Lipinski definition) is 1. The third kappa shape index (κ3) is 3.55. The molecular formula is C31H52O3Si. The maximum atomic E-state index is 12.0. The summed E-state index contributed by atoms with van der Waals surface area (Å²) in [5.74, 6) is 2.63. The Bertz CT molecular complexity index is 972. The Labute approximate surface area is 215 Å². The summed E-state index contributed by atoms with van der Waals surface area (Å²) in [7, 11) is -2.00. The van der Waals surface area contributed by atoms with Crippen molar-refractivity contribution < 1.29 is 13.9 Å². The quantitative estimate of drug-likeness (QED) is 0.412. The number of hydrogen-bond acceptors (Lipinski definition) is 3. The fraction of sp³-hybridized carbons (Fsp3) is 0.871. The van der Waals surface area contributed by atoms with E-state index in [0.29, 0.717) is 22.7 Å². The van der Waals surface area contributed by atoms with Crippen LogP contribution in [0.5, 0.6) is 0 Å². The van der Waals surface area contributed by atoms with Gasteiger partial charge in [-0.2, -0.15) is 0 Å². The van der Waals surface area contributed by atoms with Crippen LogP contribution in [0.4, 0.5) is 0 Å². The van der Waals surface area contributed by atoms with Crippen LogP contribution in [-0.2, 0) is 4.43 Å². The minimum Gasteiger partial charge on any atom is -0.466 e. The van der Waals surface area contributed by atoms with Gasteiger partial charge in [0.2, 0.25) is 0 Å². The smallest absolute Gasteiger partial charge is 0.192 e. The topological polar surface area (TPSA) is 42.6 Å². The van der Waals surface area contributed by atoms with Crippen molar-refractivity contribution in [2.24, 2.45) is 39.4 Å². The molecule has 5 rings (SSSR count). The second-order valence-corrected chi connectivity index (χ2v) is 20.8. The zero-order valence-corrected chi connectivity index (χ0v) is 25.3. The van der Waals surface area contributed by atoms with E-state index in [4.69, 9.17) is 8.84 Å². The van der Waals surface area contributed by atoms with E-state index in [9.17, 15) is 5.11 Å². The van der Waals surface area contributed by atoms with E-state index in [0.717, 1.165) is 30.1 Å². The van der Waals surface area contributed by atoms with Gasteiger partial charge in [0, 0.05) is 11.0 Å². The minimum absolute atomic E-state index is 0.00928. The average Bonchev–Trinajstić information content (AvgIpc) is 3.27. The predicted molar refractivity (Wildman–Crippen MR) is 146 cm³/mol. The Morgan fingerprint density at radius 1 is 0.943 bits per heavy atom. The van der Waals surface area contributed by atoms with Gasteiger partial charge in [-0.1, -0.05) is 61.8 Å². The largest absolute Gasteiger partial charge is 0.466 e. The van der Waals surface area contributed by atoms with Crippen LogP contribution in [0.3, 0.4) is 0 Å². The lowest BCUT2D eigenvalue weighted by Gasteiger charge is -2.62. The average molecular weight is 501 g/mol. The third-order valence-electron chi connectivity index (χ3n) is 12.7. The van der Waals surface area contributed by atoms with Gasteiger partial charge in [-0.15, -0.1) is 0 Å². The first-order valence-electron chi connectivity index (χ1n) is 14.4. The van der Waals surface area contributed by atoms with Crippen LogP contribution < -0.4 is 0 Å². The highest BCUT2D eigenvalue weighted by molar-refractivity contribution is 6.74. The van der Waals surface area contributed by atoms with Gasteiger partial charge in [0.15, 0.2) is 8.32 Å². The molecule has 0 saturated heterocycles. The molecule has 198 valence electrons. The van der Waals surface area contributed by atoms with E-state index in [2.05, 4.69) is 74.6 Å². The van der Waals surface area contributed by atoms with Crippen molar-refractivity contribution in [3.05, 3.63) is 23.7 Å². The lowest BCUT2D eigenvalue weighted by molar-refractivity contribution is -0.129. The fourth-order valence-corrected chi connectivity index (χ4v) is 11.1. The number of rotatable bonds is 2. The van der Waals surface area contributed by atoms with Crippen LogP contribution in [0.15, 0.2) is 16.7 Å². The first-order chi connectivity index (χ1) is 16.0. The van der Waals surface area contributed by atoms with Gasteiger partial charge in [-0.05, 0) is 96.7 Å². The van der Waals surface area contributed by atoms with Crippen LogP contribution in [0.2, 0.25) is 18.1 Å². The molecule has 8 atom stereocenters. The molecule has 1 aromatic heterocycles. The van der Waals surface area contributed by atoms with Crippen molar-refractivity contribution in [1.29, 1.82) is 0 Å². The van der Waals surface area contributed by atoms with Crippen molar-refractivity contribution in [3.8, 4) is 0 Å². The van der Waals surface area contributed by atoms with Crippen molar-refractivity contribution in [3.63, 3.8) is 0 Å². The second-order valence-electron chi connectivity index (χ2n) is 16.0. The summed E-state index contributed by atoms with van der Waals surface area (Å²) in [4.78, 5) is 0. The van der Waals surface area contributed by atoms with Crippen LogP contribution in [0.1, 0.15) is 124 Å². The van der Waals surface area contributed by atoms with E-state index in [1.54, 1.807) is 6.26 Å². The molecule has 0 unspecified atom stereocenters. The molecule has 3 nitrogen and oxygen atoms in total. The summed E-state index contributed by atoms with van der Waals surface area (Å²) >= 11 is 0. The van der Waals surface area contributed by atoms with Gasteiger partial charge >= 0.3 is 0 Å². The van der Waals surface area contributed by atoms with Gasteiger partial charge in [0.25, 0.3) is 0 Å². The maximum Gasteiger partial charge on any atom is 0.192 e. The fourth-order valence-electron chi connectivity index (χ4n) is 9.85. The SMILES string of the molecule is CC1(C)CCC[C@]2(C)[C@H]3C[C@@]4(C)[C@@H](C[C@H](O[Si](C)(C)C(C)(C)C)c5ccoc5[C@@H]4O)[C@]3(C)CC[C@@H]12. The van der Waals surface area contributed by atoms with Gasteiger partial charge in [-0.25, -0.2) is 0 Å². The van der Waals surface area contributed by atoms with Crippen molar-refractivity contribution in [2.75, 3.05) is 0 Å². The highest BCUT2D eigenvalue weighted by Gasteiger charge is 2.69. The summed E-state index contributed by atoms with van der Waals surface area (Å²) in [6, 6.07) is 2.09. The lowest BCUT2D eigenvalue weighted by atomic mass is 9.43. The molecule has 3 fully saturated rings. The number of aliphatic hydroxyl groups excluding tert-OH is 1. The summed E-state index contributed by atoms with van der Waals surface area (Å²) in [5, 5.41) is 12.2. The number of furan rings is 1. The van der Waals surface area contributed by atoms with Crippen LogP contribution in [0, 0.1) is 39.4 Å². The molecule has 35 heavy (non-hydrogen) atoms. The second kappa shape index (κ2) is 7.73. The van der Waals surface area contributed by atoms with E-state index in [1.165, 1.54) is 32.1 Å². The number of aliphatic hydroxyl groups is 1. The third-order valence-corrected chi connectivity index (χ3v) is 17.2. The van der Waals surface area contributed by atoms with Gasteiger partial charge in [0.1, 0.15) is 11.9 Å². The molecule has 1 N–H and O–H groups in total. The van der Waals surface area contributed by atoms with E-state index in [-0.39, 0.29) is 22.0 Å². The first kappa shape index (κ1) is 26.0. The summed E-state index contributed by atoms with van der Waals surface area (Å²) in [6.07, 6.45) is 9.99. The zero-order chi connectivity index (χ0) is 25.8. The Hall–Kier alpha value is -0.583. The Morgan fingerprint density at radius 2 is 1.60 bits per heavy atom. The summed E-state index contributed by atoms with van der Waals surface area (Å²) < 4.78 is 13.3. The highest BCUT2D eigenvalue weighted by Crippen LogP contribution is 2.76. The molecule has 4 heteroatoms. The standard InChI is InChI=1S/C31H52O3Si/c1-27(2,3)35(9,10)34-21-18-23-30(7)16-12-22-28(4,5)14-11-15-29(22,6)24(30)19-31(23,8)26(32)25-20(21)13-17-33-25/h13,17,21-24,26,32H,11-12,14-16,18-19H2,1-10H3/t21-,22-,23-,24+,26-,29-,30-,31-/m0/s1. The van der Waals surface area contributed by atoms with Gasteiger partial charge in [-0.3, -0.25) is 0 Å². The van der Waals surface area contributed by atoms with Gasteiger partial charge < -0.3 is 13.9 Å². The van der Waals surface area contributed by atoms with Crippen molar-refractivity contribution in [1.82, 2.24) is 0 Å². The Morgan fingerprint density at radius 3 is 2.26 bits per heavy atom. The lowest BCUT2D eigenvalue weighted by Crippen LogP contribution is -2.54. The molecule has 0 spiro atoms.